The average Bonchev–Trinajstić information content (AvgIpc) is 2.69. The normalized spacial score (nSPS) is 36.5. The van der Waals surface area contributed by atoms with Gasteiger partial charge in [0, 0.05) is 18.9 Å². The molecule has 0 aromatic carbocycles. The van der Waals surface area contributed by atoms with Crippen LogP contribution in [0.15, 0.2) is 0 Å². The Hall–Kier alpha value is -0.900. The van der Waals surface area contributed by atoms with Crippen LogP contribution in [0.4, 0.5) is 0 Å². The van der Waals surface area contributed by atoms with Crippen LogP contribution >= 0.6 is 0 Å². The Morgan fingerprint density at radius 1 is 0.808 bits per heavy atom. The lowest BCUT2D eigenvalue weighted by Crippen LogP contribution is -2.41. The third kappa shape index (κ3) is 4.88. The number of carbonyl (C=O) groups is 2. The molecule has 0 bridgehead atoms. The third-order valence-electron chi connectivity index (χ3n) is 7.28. The summed E-state index contributed by atoms with van der Waals surface area (Å²) in [5.41, 5.74) is 0. The highest BCUT2D eigenvalue weighted by Crippen LogP contribution is 2.41. The van der Waals surface area contributed by atoms with E-state index in [1.54, 1.807) is 6.92 Å². The number of carbonyl (C=O) groups excluding carboxylic acids is 2. The predicted molar refractivity (Wildman–Crippen MR) is 101 cm³/mol. The van der Waals surface area contributed by atoms with Gasteiger partial charge in [0.25, 0.3) is 0 Å². The molecule has 0 aliphatic heterocycles. The van der Waals surface area contributed by atoms with Crippen LogP contribution in [0.2, 0.25) is 0 Å². The van der Waals surface area contributed by atoms with Gasteiger partial charge in [0.1, 0.15) is 11.9 Å². The second-order valence-electron chi connectivity index (χ2n) is 8.87. The maximum absolute atomic E-state index is 12.8. The largest absolute Gasteiger partial charge is 0.462 e. The first-order valence-electron chi connectivity index (χ1n) is 10.8. The molecule has 3 aliphatic rings. The first kappa shape index (κ1) is 19.9. The van der Waals surface area contributed by atoms with E-state index in [0.717, 1.165) is 44.9 Å². The second-order valence-corrected chi connectivity index (χ2v) is 8.87. The Labute approximate surface area is 158 Å². The van der Waals surface area contributed by atoms with Crippen LogP contribution < -0.4 is 0 Å². The highest BCUT2D eigenvalue weighted by Gasteiger charge is 2.39. The molecule has 26 heavy (non-hydrogen) atoms. The standard InChI is InChI=1S/C22H36O4/c1-15(23)16-8-10-18(11-9-16)22(24)26-21-13-12-19(25-2)14-20(21)17-6-4-3-5-7-17/h16-21H,3-14H2,1-2H3. The van der Waals surface area contributed by atoms with E-state index in [2.05, 4.69) is 0 Å². The zero-order valence-corrected chi connectivity index (χ0v) is 16.6. The van der Waals surface area contributed by atoms with E-state index in [1.807, 2.05) is 7.11 Å². The SMILES string of the molecule is COC1CCC(OC(=O)C2CCC(C(C)=O)CC2)C(C2CCCCC2)C1. The molecule has 0 amide bonds. The van der Waals surface area contributed by atoms with Gasteiger partial charge in [-0.3, -0.25) is 9.59 Å². The van der Waals surface area contributed by atoms with Crippen molar-refractivity contribution in [3.63, 3.8) is 0 Å². The summed E-state index contributed by atoms with van der Waals surface area (Å²) in [4.78, 5) is 24.3. The summed E-state index contributed by atoms with van der Waals surface area (Å²) in [5.74, 6) is 1.57. The van der Waals surface area contributed by atoms with Gasteiger partial charge >= 0.3 is 5.97 Å². The van der Waals surface area contributed by atoms with Crippen molar-refractivity contribution >= 4 is 11.8 Å². The maximum Gasteiger partial charge on any atom is 0.309 e. The van der Waals surface area contributed by atoms with Crippen LogP contribution in [-0.4, -0.2) is 31.1 Å². The van der Waals surface area contributed by atoms with E-state index in [4.69, 9.17) is 9.47 Å². The quantitative estimate of drug-likeness (QED) is 0.664. The third-order valence-corrected chi connectivity index (χ3v) is 7.28. The zero-order valence-electron chi connectivity index (χ0n) is 16.6. The Morgan fingerprint density at radius 2 is 1.46 bits per heavy atom. The fourth-order valence-electron chi connectivity index (χ4n) is 5.54. The zero-order chi connectivity index (χ0) is 18.5. The van der Waals surface area contributed by atoms with Gasteiger partial charge in [-0.15, -0.1) is 0 Å². The van der Waals surface area contributed by atoms with E-state index in [9.17, 15) is 9.59 Å². The number of ketones is 1. The molecular formula is C22H36O4. The van der Waals surface area contributed by atoms with Crippen molar-refractivity contribution in [1.29, 1.82) is 0 Å². The summed E-state index contributed by atoms with van der Waals surface area (Å²) in [5, 5.41) is 0. The minimum atomic E-state index is -0.00585. The summed E-state index contributed by atoms with van der Waals surface area (Å²) in [6, 6.07) is 0. The Morgan fingerprint density at radius 3 is 2.08 bits per heavy atom. The van der Waals surface area contributed by atoms with Gasteiger partial charge in [-0.25, -0.2) is 0 Å². The van der Waals surface area contributed by atoms with Crippen molar-refractivity contribution in [2.24, 2.45) is 23.7 Å². The fourth-order valence-corrected chi connectivity index (χ4v) is 5.54. The first-order valence-corrected chi connectivity index (χ1v) is 10.8. The van der Waals surface area contributed by atoms with Crippen LogP contribution in [0.5, 0.6) is 0 Å². The van der Waals surface area contributed by atoms with Crippen molar-refractivity contribution in [3.05, 3.63) is 0 Å². The topological polar surface area (TPSA) is 52.6 Å². The number of rotatable bonds is 5. The minimum absolute atomic E-state index is 0.00208. The molecule has 148 valence electrons. The van der Waals surface area contributed by atoms with E-state index >= 15 is 0 Å². The van der Waals surface area contributed by atoms with E-state index in [0.29, 0.717) is 17.9 Å². The number of Topliss-reactive ketones (excluding diaryl/α,β-unsaturated/α-hetero) is 1. The molecule has 0 radical (unpaired) electrons. The first-order chi connectivity index (χ1) is 12.6. The second kappa shape index (κ2) is 9.34. The smallest absolute Gasteiger partial charge is 0.309 e. The summed E-state index contributed by atoms with van der Waals surface area (Å²) in [6.07, 6.45) is 13.2. The van der Waals surface area contributed by atoms with Crippen molar-refractivity contribution in [1.82, 2.24) is 0 Å². The number of hydrogen-bond acceptors (Lipinski definition) is 4. The van der Waals surface area contributed by atoms with Crippen LogP contribution in [0.25, 0.3) is 0 Å². The van der Waals surface area contributed by atoms with E-state index in [-0.39, 0.29) is 29.7 Å². The van der Waals surface area contributed by atoms with Gasteiger partial charge in [-0.05, 0) is 57.8 Å². The van der Waals surface area contributed by atoms with Gasteiger partial charge in [-0.2, -0.15) is 0 Å². The summed E-state index contributed by atoms with van der Waals surface area (Å²) in [7, 11) is 1.81. The molecule has 3 aliphatic carbocycles. The van der Waals surface area contributed by atoms with Crippen LogP contribution in [0.3, 0.4) is 0 Å². The highest BCUT2D eigenvalue weighted by atomic mass is 16.5. The molecule has 0 saturated heterocycles. The molecule has 4 heteroatoms. The number of esters is 1. The predicted octanol–water partition coefficient (Wildman–Crippen LogP) is 4.69. The molecule has 0 aromatic heterocycles. The molecule has 3 saturated carbocycles. The van der Waals surface area contributed by atoms with Gasteiger partial charge in [-0.1, -0.05) is 32.1 Å². The van der Waals surface area contributed by atoms with Gasteiger partial charge in [0.2, 0.25) is 0 Å². The van der Waals surface area contributed by atoms with Gasteiger partial charge < -0.3 is 9.47 Å². The molecule has 0 heterocycles. The van der Waals surface area contributed by atoms with Crippen molar-refractivity contribution in [2.75, 3.05) is 7.11 Å². The molecule has 0 spiro atoms. The summed E-state index contributed by atoms with van der Waals surface area (Å²) in [6.45, 7) is 1.67. The maximum atomic E-state index is 12.8. The summed E-state index contributed by atoms with van der Waals surface area (Å²) < 4.78 is 11.7. The molecule has 0 aromatic rings. The van der Waals surface area contributed by atoms with Crippen molar-refractivity contribution in [3.8, 4) is 0 Å². The summed E-state index contributed by atoms with van der Waals surface area (Å²) >= 11 is 0. The molecule has 0 N–H and O–H groups in total. The Bertz CT molecular complexity index is 475. The lowest BCUT2D eigenvalue weighted by molar-refractivity contribution is -0.165. The lowest BCUT2D eigenvalue weighted by atomic mass is 9.71. The molecule has 3 unspecified atom stereocenters. The molecule has 3 atom stereocenters. The van der Waals surface area contributed by atoms with Crippen LogP contribution in [-0.2, 0) is 19.1 Å². The monoisotopic (exact) mass is 364 g/mol. The van der Waals surface area contributed by atoms with E-state index in [1.165, 1.54) is 32.1 Å². The number of ether oxygens (including phenoxy) is 2. The van der Waals surface area contributed by atoms with Crippen molar-refractivity contribution in [2.45, 2.75) is 96.2 Å². The molecule has 4 nitrogen and oxygen atoms in total. The molecular weight excluding hydrogens is 328 g/mol. The number of methoxy groups -OCH3 is 1. The van der Waals surface area contributed by atoms with Crippen molar-refractivity contribution < 1.29 is 19.1 Å². The Balaban J connectivity index is 1.57. The number of hydrogen-bond donors (Lipinski definition) is 0. The molecule has 3 rings (SSSR count). The average molecular weight is 365 g/mol. The van der Waals surface area contributed by atoms with Crippen LogP contribution in [0, 0.1) is 23.7 Å². The highest BCUT2D eigenvalue weighted by molar-refractivity contribution is 5.79. The molecule has 3 fully saturated rings. The lowest BCUT2D eigenvalue weighted by Gasteiger charge is -2.41. The van der Waals surface area contributed by atoms with Gasteiger partial charge in [0.05, 0.1) is 12.0 Å². The van der Waals surface area contributed by atoms with Crippen LogP contribution in [0.1, 0.15) is 84.0 Å². The fraction of sp³-hybridized carbons (Fsp3) is 0.909. The van der Waals surface area contributed by atoms with E-state index < -0.39 is 0 Å². The van der Waals surface area contributed by atoms with Gasteiger partial charge in [0.15, 0.2) is 0 Å². The minimum Gasteiger partial charge on any atom is -0.462 e. The Kier molecular flexibility index (Phi) is 7.13.